The van der Waals surface area contributed by atoms with Crippen molar-refractivity contribution in [2.75, 3.05) is 25.6 Å². The van der Waals surface area contributed by atoms with Crippen LogP contribution in [-0.2, 0) is 4.74 Å². The molecule has 102 valence electrons. The molecule has 2 rings (SSSR count). The maximum absolute atomic E-state index is 9.58. The van der Waals surface area contributed by atoms with E-state index in [0.29, 0.717) is 19.6 Å². The zero-order valence-electron chi connectivity index (χ0n) is 11.3. The van der Waals surface area contributed by atoms with E-state index in [1.54, 1.807) is 7.11 Å². The molecule has 5 heteroatoms. The number of aromatic nitrogens is 2. The van der Waals surface area contributed by atoms with Crippen molar-refractivity contribution in [1.82, 2.24) is 10.2 Å². The highest BCUT2D eigenvalue weighted by Gasteiger charge is 2.07. The summed E-state index contributed by atoms with van der Waals surface area (Å²) in [5, 5.41) is 23.3. The number of ether oxygens (including phenoxy) is 1. The van der Waals surface area contributed by atoms with E-state index in [1.807, 2.05) is 31.2 Å². The van der Waals surface area contributed by atoms with Gasteiger partial charge in [0, 0.05) is 24.4 Å². The molecule has 2 N–H and O–H groups in total. The van der Waals surface area contributed by atoms with Crippen LogP contribution in [0, 0.1) is 6.92 Å². The van der Waals surface area contributed by atoms with Crippen LogP contribution in [0.2, 0.25) is 0 Å². The molecule has 19 heavy (non-hydrogen) atoms. The molecule has 0 aliphatic rings. The topological polar surface area (TPSA) is 67.3 Å². The number of anilines is 1. The van der Waals surface area contributed by atoms with Gasteiger partial charge in [-0.3, -0.25) is 0 Å². The normalized spacial score (nSPS) is 12.6. The molecule has 0 spiro atoms. The van der Waals surface area contributed by atoms with Crippen molar-refractivity contribution in [1.29, 1.82) is 0 Å². The molecule has 0 radical (unpaired) electrons. The lowest BCUT2D eigenvalue weighted by atomic mass is 10.1. The van der Waals surface area contributed by atoms with Gasteiger partial charge in [0.1, 0.15) is 0 Å². The average Bonchev–Trinajstić information content (AvgIpc) is 2.42. The van der Waals surface area contributed by atoms with Crippen molar-refractivity contribution in [2.24, 2.45) is 0 Å². The smallest absolute Gasteiger partial charge is 0.156 e. The van der Waals surface area contributed by atoms with E-state index in [1.165, 1.54) is 0 Å². The summed E-state index contributed by atoms with van der Waals surface area (Å²) in [6.07, 6.45) is 0.153. The van der Waals surface area contributed by atoms with Gasteiger partial charge in [-0.25, -0.2) is 0 Å². The molecule has 1 atom stereocenters. The number of nitrogens with zero attached hydrogens (tertiary/aromatic N) is 2. The third-order valence-corrected chi connectivity index (χ3v) is 3.00. The molecule has 5 nitrogen and oxygen atoms in total. The summed E-state index contributed by atoms with van der Waals surface area (Å²) in [6, 6.07) is 8.02. The Hall–Kier alpha value is -1.72. The fourth-order valence-electron chi connectivity index (χ4n) is 2.00. The third kappa shape index (κ3) is 3.39. The van der Waals surface area contributed by atoms with E-state index in [2.05, 4.69) is 15.5 Å². The van der Waals surface area contributed by atoms with Crippen LogP contribution in [0.3, 0.4) is 0 Å². The summed E-state index contributed by atoms with van der Waals surface area (Å²) in [4.78, 5) is 0. The highest BCUT2D eigenvalue weighted by atomic mass is 16.5. The Kier molecular flexibility index (Phi) is 4.65. The van der Waals surface area contributed by atoms with Crippen LogP contribution in [0.1, 0.15) is 12.1 Å². The Balaban J connectivity index is 2.07. The lowest BCUT2D eigenvalue weighted by Gasteiger charge is -2.12. The maximum atomic E-state index is 9.58. The second kappa shape index (κ2) is 6.45. The van der Waals surface area contributed by atoms with E-state index in [-0.39, 0.29) is 0 Å². The summed E-state index contributed by atoms with van der Waals surface area (Å²) < 4.78 is 4.89. The van der Waals surface area contributed by atoms with Crippen molar-refractivity contribution in [3.05, 3.63) is 30.0 Å². The first-order chi connectivity index (χ1) is 9.22. The predicted octanol–water partition coefficient (Wildman–Crippen LogP) is 1.75. The Bertz CT molecular complexity index is 545. The Morgan fingerprint density at radius 2 is 2.00 bits per heavy atom. The van der Waals surface area contributed by atoms with Crippen LogP contribution >= 0.6 is 0 Å². The number of aliphatic hydroxyl groups excluding tert-OH is 1. The fraction of sp³-hybridized carbons (Fsp3) is 0.429. The number of nitrogens with one attached hydrogen (secondary N) is 1. The standard InChI is InChI=1S/C14H19N3O2/c1-10-12-5-3-4-6-13(12)14(17-16-10)15-8-7-11(18)9-19-2/h3-6,11,18H,7-9H2,1-2H3,(H,15,17). The molecule has 0 amide bonds. The summed E-state index contributed by atoms with van der Waals surface area (Å²) in [5.74, 6) is 0.755. The van der Waals surface area contributed by atoms with Gasteiger partial charge in [-0.1, -0.05) is 24.3 Å². The zero-order chi connectivity index (χ0) is 13.7. The van der Waals surface area contributed by atoms with Gasteiger partial charge in [0.2, 0.25) is 0 Å². The first kappa shape index (κ1) is 13.7. The minimum Gasteiger partial charge on any atom is -0.391 e. The SMILES string of the molecule is COCC(O)CCNc1nnc(C)c2ccccc12. The monoisotopic (exact) mass is 261 g/mol. The highest BCUT2D eigenvalue weighted by molar-refractivity contribution is 5.92. The van der Waals surface area contributed by atoms with Gasteiger partial charge < -0.3 is 15.2 Å². The fourth-order valence-corrected chi connectivity index (χ4v) is 2.00. The number of aryl methyl sites for hydroxylation is 1. The van der Waals surface area contributed by atoms with E-state index in [9.17, 15) is 5.11 Å². The molecule has 0 bridgehead atoms. The molecule has 0 aliphatic heterocycles. The lowest BCUT2D eigenvalue weighted by Crippen LogP contribution is -2.18. The van der Waals surface area contributed by atoms with Crippen molar-refractivity contribution >= 4 is 16.6 Å². The van der Waals surface area contributed by atoms with E-state index >= 15 is 0 Å². The first-order valence-electron chi connectivity index (χ1n) is 6.35. The van der Waals surface area contributed by atoms with Gasteiger partial charge in [0.15, 0.2) is 5.82 Å². The minimum atomic E-state index is -0.456. The number of hydrogen-bond donors (Lipinski definition) is 2. The number of benzene rings is 1. The zero-order valence-corrected chi connectivity index (χ0v) is 11.3. The second-order valence-electron chi connectivity index (χ2n) is 4.50. The van der Waals surface area contributed by atoms with Crippen LogP contribution in [-0.4, -0.2) is 41.7 Å². The largest absolute Gasteiger partial charge is 0.391 e. The number of rotatable bonds is 6. The number of aliphatic hydroxyl groups is 1. The Morgan fingerprint density at radius 1 is 1.26 bits per heavy atom. The molecule has 0 aliphatic carbocycles. The van der Waals surface area contributed by atoms with Crippen LogP contribution < -0.4 is 5.32 Å². The average molecular weight is 261 g/mol. The van der Waals surface area contributed by atoms with Gasteiger partial charge in [-0.05, 0) is 13.3 Å². The van der Waals surface area contributed by atoms with Gasteiger partial charge >= 0.3 is 0 Å². The van der Waals surface area contributed by atoms with Crippen molar-refractivity contribution in [2.45, 2.75) is 19.4 Å². The van der Waals surface area contributed by atoms with Gasteiger partial charge in [0.05, 0.1) is 18.4 Å². The number of fused-ring (bicyclic) bond motifs is 1. The van der Waals surface area contributed by atoms with Crippen LogP contribution in [0.4, 0.5) is 5.82 Å². The summed E-state index contributed by atoms with van der Waals surface area (Å²) >= 11 is 0. The lowest BCUT2D eigenvalue weighted by molar-refractivity contribution is 0.0615. The predicted molar refractivity (Wildman–Crippen MR) is 75.3 cm³/mol. The minimum absolute atomic E-state index is 0.349. The molecule has 2 aromatic rings. The van der Waals surface area contributed by atoms with E-state index < -0.39 is 6.10 Å². The number of hydrogen-bond acceptors (Lipinski definition) is 5. The molecule has 0 saturated carbocycles. The molecule has 0 saturated heterocycles. The summed E-state index contributed by atoms with van der Waals surface area (Å²) in [6.45, 7) is 2.93. The van der Waals surface area contributed by atoms with Crippen molar-refractivity contribution < 1.29 is 9.84 Å². The van der Waals surface area contributed by atoms with E-state index in [0.717, 1.165) is 22.3 Å². The Labute approximate surface area is 112 Å². The van der Waals surface area contributed by atoms with Crippen molar-refractivity contribution in [3.8, 4) is 0 Å². The quantitative estimate of drug-likeness (QED) is 0.829. The van der Waals surface area contributed by atoms with Gasteiger partial charge in [0.25, 0.3) is 0 Å². The summed E-state index contributed by atoms with van der Waals surface area (Å²) in [7, 11) is 1.58. The second-order valence-corrected chi connectivity index (χ2v) is 4.50. The molecular formula is C14H19N3O2. The molecule has 1 unspecified atom stereocenters. The van der Waals surface area contributed by atoms with E-state index in [4.69, 9.17) is 4.74 Å². The van der Waals surface area contributed by atoms with Gasteiger partial charge in [-0.2, -0.15) is 5.10 Å². The van der Waals surface area contributed by atoms with Gasteiger partial charge in [-0.15, -0.1) is 5.10 Å². The van der Waals surface area contributed by atoms with Crippen molar-refractivity contribution in [3.63, 3.8) is 0 Å². The highest BCUT2D eigenvalue weighted by Crippen LogP contribution is 2.22. The maximum Gasteiger partial charge on any atom is 0.156 e. The molecule has 0 fully saturated rings. The molecule has 1 aromatic carbocycles. The molecule has 1 aromatic heterocycles. The van der Waals surface area contributed by atoms with Crippen LogP contribution in [0.25, 0.3) is 10.8 Å². The number of methoxy groups -OCH3 is 1. The first-order valence-corrected chi connectivity index (χ1v) is 6.35. The summed E-state index contributed by atoms with van der Waals surface area (Å²) in [5.41, 5.74) is 0.917. The van der Waals surface area contributed by atoms with Crippen LogP contribution in [0.15, 0.2) is 24.3 Å². The van der Waals surface area contributed by atoms with Crippen LogP contribution in [0.5, 0.6) is 0 Å². The third-order valence-electron chi connectivity index (χ3n) is 3.00. The molecule has 1 heterocycles. The Morgan fingerprint density at radius 3 is 2.74 bits per heavy atom. The molecular weight excluding hydrogens is 242 g/mol.